The molecule has 0 amide bonds. The molecule has 100 valence electrons. The maximum Gasteiger partial charge on any atom is 0.120 e. The van der Waals surface area contributed by atoms with Crippen LogP contribution >= 0.6 is 11.6 Å². The van der Waals surface area contributed by atoms with E-state index in [1.807, 2.05) is 18.2 Å². The Kier molecular flexibility index (Phi) is 5.33. The van der Waals surface area contributed by atoms with Gasteiger partial charge in [0.25, 0.3) is 0 Å². The Bertz CT molecular complexity index is 359. The van der Waals surface area contributed by atoms with E-state index in [0.717, 1.165) is 18.6 Å². The summed E-state index contributed by atoms with van der Waals surface area (Å²) in [6.45, 7) is 0.366. The summed E-state index contributed by atoms with van der Waals surface area (Å²) in [5.74, 6) is 1.13. The highest BCUT2D eigenvalue weighted by Crippen LogP contribution is 2.26. The Balaban J connectivity index is 1.81. The highest BCUT2D eigenvalue weighted by atomic mass is 35.5. The van der Waals surface area contributed by atoms with Crippen molar-refractivity contribution in [1.29, 1.82) is 0 Å². The molecular weight excluding hydrogens is 248 g/mol. The van der Waals surface area contributed by atoms with Crippen molar-refractivity contribution in [2.45, 2.75) is 44.6 Å². The molecule has 1 unspecified atom stereocenters. The number of halogens is 1. The van der Waals surface area contributed by atoms with Crippen molar-refractivity contribution in [3.63, 3.8) is 0 Å². The molecular formula is C15H21ClO2. The summed E-state index contributed by atoms with van der Waals surface area (Å²) in [5.41, 5.74) is 0. The molecule has 0 spiro atoms. The molecule has 1 aromatic carbocycles. The van der Waals surface area contributed by atoms with Gasteiger partial charge in [-0.25, -0.2) is 0 Å². The molecule has 1 fully saturated rings. The number of aliphatic hydroxyl groups excluding tert-OH is 1. The molecule has 1 N–H and O–H groups in total. The van der Waals surface area contributed by atoms with Crippen molar-refractivity contribution >= 4 is 11.6 Å². The van der Waals surface area contributed by atoms with E-state index in [0.29, 0.717) is 17.5 Å². The Morgan fingerprint density at radius 2 is 1.94 bits per heavy atom. The molecule has 18 heavy (non-hydrogen) atoms. The van der Waals surface area contributed by atoms with Crippen molar-refractivity contribution in [3.05, 3.63) is 29.3 Å². The number of aliphatic hydroxyl groups is 1. The fraction of sp³-hybridized carbons (Fsp3) is 0.600. The van der Waals surface area contributed by atoms with Crippen LogP contribution in [0.25, 0.3) is 0 Å². The van der Waals surface area contributed by atoms with Gasteiger partial charge in [0.2, 0.25) is 0 Å². The monoisotopic (exact) mass is 268 g/mol. The number of benzene rings is 1. The van der Waals surface area contributed by atoms with Crippen LogP contribution in [-0.2, 0) is 0 Å². The summed E-state index contributed by atoms with van der Waals surface area (Å²) in [6, 6.07) is 7.32. The van der Waals surface area contributed by atoms with Gasteiger partial charge in [0.15, 0.2) is 0 Å². The van der Waals surface area contributed by atoms with Crippen LogP contribution < -0.4 is 4.74 Å². The van der Waals surface area contributed by atoms with E-state index in [1.165, 1.54) is 25.7 Å². The number of hydrogen-bond acceptors (Lipinski definition) is 2. The molecule has 1 saturated carbocycles. The number of ether oxygens (including phenoxy) is 1. The molecule has 1 atom stereocenters. The summed E-state index contributed by atoms with van der Waals surface area (Å²) in [7, 11) is 0. The van der Waals surface area contributed by atoms with Crippen molar-refractivity contribution in [2.75, 3.05) is 6.61 Å². The minimum atomic E-state index is -0.359. The molecule has 0 aromatic heterocycles. The minimum absolute atomic E-state index is 0.359. The largest absolute Gasteiger partial charge is 0.491 e. The smallest absolute Gasteiger partial charge is 0.120 e. The zero-order valence-electron chi connectivity index (χ0n) is 10.6. The average molecular weight is 269 g/mol. The summed E-state index contributed by atoms with van der Waals surface area (Å²) in [6.07, 6.45) is 6.97. The molecule has 1 aromatic rings. The van der Waals surface area contributed by atoms with Gasteiger partial charge in [-0.15, -0.1) is 0 Å². The maximum atomic E-state index is 10.2. The molecule has 0 heterocycles. The van der Waals surface area contributed by atoms with Gasteiger partial charge < -0.3 is 9.84 Å². The van der Waals surface area contributed by atoms with Crippen molar-refractivity contribution in [3.8, 4) is 5.75 Å². The number of hydrogen-bond donors (Lipinski definition) is 1. The SMILES string of the molecule is OC(COc1cccc(Cl)c1)C1CCCCCC1. The lowest BCUT2D eigenvalue weighted by molar-refractivity contribution is 0.0506. The lowest BCUT2D eigenvalue weighted by Crippen LogP contribution is -2.27. The van der Waals surface area contributed by atoms with Crippen molar-refractivity contribution < 1.29 is 9.84 Å². The fourth-order valence-corrected chi connectivity index (χ4v) is 2.75. The molecule has 1 aliphatic carbocycles. The van der Waals surface area contributed by atoms with Crippen LogP contribution in [0, 0.1) is 5.92 Å². The highest BCUT2D eigenvalue weighted by Gasteiger charge is 2.21. The topological polar surface area (TPSA) is 29.5 Å². The Labute approximate surface area is 114 Å². The first-order valence-electron chi connectivity index (χ1n) is 6.82. The molecule has 2 nitrogen and oxygen atoms in total. The van der Waals surface area contributed by atoms with Gasteiger partial charge in [-0.05, 0) is 37.0 Å². The van der Waals surface area contributed by atoms with E-state index in [2.05, 4.69) is 0 Å². The van der Waals surface area contributed by atoms with Gasteiger partial charge in [0.1, 0.15) is 12.4 Å². The van der Waals surface area contributed by atoms with E-state index in [-0.39, 0.29) is 6.10 Å². The Morgan fingerprint density at radius 1 is 1.22 bits per heavy atom. The molecule has 3 heteroatoms. The third-order valence-corrected chi connectivity index (χ3v) is 3.90. The first kappa shape index (κ1) is 13.7. The molecule has 0 bridgehead atoms. The van der Waals surface area contributed by atoms with Crippen LogP contribution in [0.4, 0.5) is 0 Å². The second-order valence-electron chi connectivity index (χ2n) is 5.09. The predicted molar refractivity (Wildman–Crippen MR) is 74.1 cm³/mol. The van der Waals surface area contributed by atoms with Gasteiger partial charge in [-0.3, -0.25) is 0 Å². The Hall–Kier alpha value is -0.730. The third kappa shape index (κ3) is 4.18. The molecule has 0 saturated heterocycles. The van der Waals surface area contributed by atoms with Crippen LogP contribution in [0.5, 0.6) is 5.75 Å². The van der Waals surface area contributed by atoms with Gasteiger partial charge in [-0.1, -0.05) is 43.4 Å². The fourth-order valence-electron chi connectivity index (χ4n) is 2.57. The quantitative estimate of drug-likeness (QED) is 0.835. The van der Waals surface area contributed by atoms with E-state index in [1.54, 1.807) is 6.07 Å². The van der Waals surface area contributed by atoms with Crippen molar-refractivity contribution in [2.24, 2.45) is 5.92 Å². The van der Waals surface area contributed by atoms with Gasteiger partial charge in [0.05, 0.1) is 6.10 Å². The van der Waals surface area contributed by atoms with Crippen LogP contribution in [0.2, 0.25) is 5.02 Å². The molecule has 1 aliphatic rings. The zero-order valence-corrected chi connectivity index (χ0v) is 11.4. The standard InChI is InChI=1S/C15H21ClO2/c16-13-8-5-9-14(10-13)18-11-15(17)12-6-3-1-2-4-7-12/h5,8-10,12,15,17H,1-4,6-7,11H2. The minimum Gasteiger partial charge on any atom is -0.491 e. The van der Waals surface area contributed by atoms with E-state index < -0.39 is 0 Å². The second kappa shape index (κ2) is 7.01. The Morgan fingerprint density at radius 3 is 2.61 bits per heavy atom. The normalized spacial score (nSPS) is 19.2. The average Bonchev–Trinajstić information content (AvgIpc) is 2.65. The molecule has 0 radical (unpaired) electrons. The summed E-state index contributed by atoms with van der Waals surface area (Å²) >= 11 is 5.89. The maximum absolute atomic E-state index is 10.2. The predicted octanol–water partition coefficient (Wildman–Crippen LogP) is 4.05. The van der Waals surface area contributed by atoms with Gasteiger partial charge in [0, 0.05) is 5.02 Å². The zero-order chi connectivity index (χ0) is 12.8. The van der Waals surface area contributed by atoms with Crippen LogP contribution in [0.3, 0.4) is 0 Å². The third-order valence-electron chi connectivity index (χ3n) is 3.66. The second-order valence-corrected chi connectivity index (χ2v) is 5.52. The van der Waals surface area contributed by atoms with Crippen LogP contribution in [0.15, 0.2) is 24.3 Å². The summed E-state index contributed by atoms with van der Waals surface area (Å²) < 4.78 is 5.61. The molecule has 0 aliphatic heterocycles. The molecule has 2 rings (SSSR count). The lowest BCUT2D eigenvalue weighted by atomic mass is 9.94. The van der Waals surface area contributed by atoms with E-state index >= 15 is 0 Å². The summed E-state index contributed by atoms with van der Waals surface area (Å²) in [4.78, 5) is 0. The van der Waals surface area contributed by atoms with Crippen LogP contribution in [-0.4, -0.2) is 17.8 Å². The van der Waals surface area contributed by atoms with Crippen molar-refractivity contribution in [1.82, 2.24) is 0 Å². The van der Waals surface area contributed by atoms with Crippen LogP contribution in [0.1, 0.15) is 38.5 Å². The number of rotatable bonds is 4. The van der Waals surface area contributed by atoms with Gasteiger partial charge >= 0.3 is 0 Å². The van der Waals surface area contributed by atoms with E-state index in [9.17, 15) is 5.11 Å². The highest BCUT2D eigenvalue weighted by molar-refractivity contribution is 6.30. The van der Waals surface area contributed by atoms with E-state index in [4.69, 9.17) is 16.3 Å². The first-order valence-corrected chi connectivity index (χ1v) is 7.20. The lowest BCUT2D eigenvalue weighted by Gasteiger charge is -2.21. The summed E-state index contributed by atoms with van der Waals surface area (Å²) in [5, 5.41) is 10.8. The van der Waals surface area contributed by atoms with Gasteiger partial charge in [-0.2, -0.15) is 0 Å². The first-order chi connectivity index (χ1) is 8.75.